The van der Waals surface area contributed by atoms with E-state index in [0.717, 1.165) is 6.20 Å². The van der Waals surface area contributed by atoms with E-state index < -0.39 is 10.9 Å². The summed E-state index contributed by atoms with van der Waals surface area (Å²) in [6, 6.07) is 5.71. The highest BCUT2D eigenvalue weighted by Crippen LogP contribution is 2.32. The zero-order valence-electron chi connectivity index (χ0n) is 9.82. The molecular formula is C12H7IN2O5. The molecule has 2 aromatic rings. The first-order valence-electron chi connectivity index (χ1n) is 5.27. The summed E-state index contributed by atoms with van der Waals surface area (Å²) in [4.78, 5) is 24.9. The van der Waals surface area contributed by atoms with Crippen molar-refractivity contribution in [3.05, 3.63) is 55.9 Å². The average molecular weight is 386 g/mol. The van der Waals surface area contributed by atoms with Gasteiger partial charge >= 0.3 is 11.7 Å². The van der Waals surface area contributed by atoms with Crippen LogP contribution in [-0.4, -0.2) is 21.0 Å². The Balaban J connectivity index is 2.37. The van der Waals surface area contributed by atoms with Crippen molar-refractivity contribution in [3.8, 4) is 11.5 Å². The van der Waals surface area contributed by atoms with Crippen LogP contribution in [0.15, 0.2) is 36.7 Å². The minimum atomic E-state index is -1.15. The van der Waals surface area contributed by atoms with Crippen LogP contribution in [0.5, 0.6) is 11.5 Å². The molecule has 2 rings (SSSR count). The Bertz CT molecular complexity index is 689. The molecule has 0 bridgehead atoms. The lowest BCUT2D eigenvalue weighted by Crippen LogP contribution is -1.98. The number of carboxylic acid groups (broad SMARTS) is 1. The Labute approximate surface area is 126 Å². The highest BCUT2D eigenvalue weighted by atomic mass is 127. The second-order valence-corrected chi connectivity index (χ2v) is 4.93. The zero-order chi connectivity index (χ0) is 14.7. The summed E-state index contributed by atoms with van der Waals surface area (Å²) in [5, 5.41) is 19.8. The number of carbonyl (C=O) groups is 1. The number of ether oxygens (including phenoxy) is 1. The molecule has 102 valence electrons. The largest absolute Gasteiger partial charge is 0.478 e. The maximum atomic E-state index is 11.0. The lowest BCUT2D eigenvalue weighted by atomic mass is 10.2. The maximum Gasteiger partial charge on any atom is 0.337 e. The second-order valence-electron chi connectivity index (χ2n) is 3.69. The van der Waals surface area contributed by atoms with E-state index in [0.29, 0.717) is 3.57 Å². The molecular weight excluding hydrogens is 379 g/mol. The molecule has 0 aliphatic heterocycles. The van der Waals surface area contributed by atoms with Gasteiger partial charge in [0.2, 0.25) is 5.75 Å². The number of aromatic nitrogens is 1. The third kappa shape index (κ3) is 3.20. The number of pyridine rings is 1. The topological polar surface area (TPSA) is 103 Å². The van der Waals surface area contributed by atoms with Crippen molar-refractivity contribution >= 4 is 34.2 Å². The number of hydrogen-bond donors (Lipinski definition) is 1. The van der Waals surface area contributed by atoms with Crippen LogP contribution >= 0.6 is 22.6 Å². The van der Waals surface area contributed by atoms with Gasteiger partial charge in [-0.1, -0.05) is 0 Å². The predicted octanol–water partition coefficient (Wildman–Crippen LogP) is 3.08. The molecule has 0 radical (unpaired) electrons. The Kier molecular flexibility index (Phi) is 4.13. The van der Waals surface area contributed by atoms with E-state index in [1.54, 1.807) is 6.07 Å². The minimum absolute atomic E-state index is 0.0276. The average Bonchev–Trinajstić information content (AvgIpc) is 2.41. The van der Waals surface area contributed by atoms with Crippen LogP contribution in [0.4, 0.5) is 5.69 Å². The van der Waals surface area contributed by atoms with Crippen LogP contribution < -0.4 is 4.74 Å². The van der Waals surface area contributed by atoms with Crippen LogP contribution in [0.3, 0.4) is 0 Å². The standard InChI is InChI=1S/C12H7IN2O5/c13-8-1-2-11(10(4-8)15(18)19)20-9-3-7(12(16)17)5-14-6-9/h1-6H,(H,16,17). The number of aromatic carboxylic acids is 1. The van der Waals surface area contributed by atoms with Crippen molar-refractivity contribution in [3.63, 3.8) is 0 Å². The van der Waals surface area contributed by atoms with Gasteiger partial charge in [-0.2, -0.15) is 0 Å². The molecule has 0 aliphatic rings. The number of hydrogen-bond acceptors (Lipinski definition) is 5. The fraction of sp³-hybridized carbons (Fsp3) is 0. The van der Waals surface area contributed by atoms with Crippen molar-refractivity contribution in [2.75, 3.05) is 0 Å². The van der Waals surface area contributed by atoms with Crippen molar-refractivity contribution < 1.29 is 19.6 Å². The molecule has 0 atom stereocenters. The molecule has 20 heavy (non-hydrogen) atoms. The van der Waals surface area contributed by atoms with Crippen molar-refractivity contribution in [2.24, 2.45) is 0 Å². The van der Waals surface area contributed by atoms with Crippen molar-refractivity contribution in [2.45, 2.75) is 0 Å². The van der Waals surface area contributed by atoms with Gasteiger partial charge in [0.25, 0.3) is 0 Å². The fourth-order valence-electron chi connectivity index (χ4n) is 1.44. The fourth-order valence-corrected chi connectivity index (χ4v) is 1.91. The van der Waals surface area contributed by atoms with Gasteiger partial charge in [0.1, 0.15) is 5.75 Å². The first-order chi connectivity index (χ1) is 9.47. The molecule has 0 spiro atoms. The van der Waals surface area contributed by atoms with Gasteiger partial charge in [-0.3, -0.25) is 15.1 Å². The Morgan fingerprint density at radius 2 is 2.10 bits per heavy atom. The third-order valence-electron chi connectivity index (χ3n) is 2.31. The molecule has 0 unspecified atom stereocenters. The van der Waals surface area contributed by atoms with E-state index in [-0.39, 0.29) is 22.7 Å². The summed E-state index contributed by atoms with van der Waals surface area (Å²) < 4.78 is 6.04. The summed E-state index contributed by atoms with van der Waals surface area (Å²) >= 11 is 1.95. The van der Waals surface area contributed by atoms with Crippen LogP contribution in [0, 0.1) is 13.7 Å². The van der Waals surface area contributed by atoms with Crippen LogP contribution in [0.1, 0.15) is 10.4 Å². The van der Waals surface area contributed by atoms with Gasteiger partial charge in [-0.25, -0.2) is 4.79 Å². The molecule has 0 saturated carbocycles. The van der Waals surface area contributed by atoms with Crippen LogP contribution in [0.2, 0.25) is 0 Å². The lowest BCUT2D eigenvalue weighted by Gasteiger charge is -2.06. The maximum absolute atomic E-state index is 11.0. The van der Waals surface area contributed by atoms with E-state index in [9.17, 15) is 14.9 Å². The highest BCUT2D eigenvalue weighted by Gasteiger charge is 2.17. The number of rotatable bonds is 4. The molecule has 7 nitrogen and oxygen atoms in total. The molecule has 8 heteroatoms. The molecule has 1 aromatic carbocycles. The molecule has 1 aromatic heterocycles. The van der Waals surface area contributed by atoms with Gasteiger partial charge in [-0.15, -0.1) is 0 Å². The molecule has 0 fully saturated rings. The van der Waals surface area contributed by atoms with E-state index in [1.807, 2.05) is 22.6 Å². The molecule has 1 N–H and O–H groups in total. The Hall–Kier alpha value is -2.23. The van der Waals surface area contributed by atoms with E-state index in [1.165, 1.54) is 24.4 Å². The van der Waals surface area contributed by atoms with Crippen molar-refractivity contribution in [1.29, 1.82) is 0 Å². The molecule has 0 aliphatic carbocycles. The highest BCUT2D eigenvalue weighted by molar-refractivity contribution is 14.1. The van der Waals surface area contributed by atoms with E-state index in [2.05, 4.69) is 4.98 Å². The quantitative estimate of drug-likeness (QED) is 0.492. The van der Waals surface area contributed by atoms with Crippen LogP contribution in [-0.2, 0) is 0 Å². The summed E-state index contributed by atoms with van der Waals surface area (Å²) in [6.07, 6.45) is 2.45. The van der Waals surface area contributed by atoms with E-state index >= 15 is 0 Å². The zero-order valence-corrected chi connectivity index (χ0v) is 12.0. The van der Waals surface area contributed by atoms with Crippen LogP contribution in [0.25, 0.3) is 0 Å². The number of benzene rings is 1. The smallest absolute Gasteiger partial charge is 0.337 e. The molecule has 0 saturated heterocycles. The second kappa shape index (κ2) is 5.82. The van der Waals surface area contributed by atoms with Gasteiger partial charge < -0.3 is 9.84 Å². The predicted molar refractivity (Wildman–Crippen MR) is 77.1 cm³/mol. The SMILES string of the molecule is O=C(O)c1cncc(Oc2ccc(I)cc2[N+](=O)[O-])c1. The van der Waals surface area contributed by atoms with E-state index in [4.69, 9.17) is 9.84 Å². The normalized spacial score (nSPS) is 10.1. The number of nitrogens with zero attached hydrogens (tertiary/aromatic N) is 2. The van der Waals surface area contributed by atoms with Gasteiger partial charge in [-0.05, 0) is 40.8 Å². The Morgan fingerprint density at radius 1 is 1.35 bits per heavy atom. The van der Waals surface area contributed by atoms with Gasteiger partial charge in [0.15, 0.2) is 0 Å². The number of halogens is 1. The van der Waals surface area contributed by atoms with Gasteiger partial charge in [0, 0.05) is 15.8 Å². The summed E-state index contributed by atoms with van der Waals surface area (Å²) in [6.45, 7) is 0. The first-order valence-corrected chi connectivity index (χ1v) is 6.35. The third-order valence-corrected chi connectivity index (χ3v) is 2.98. The first kappa shape index (κ1) is 14.2. The van der Waals surface area contributed by atoms with Gasteiger partial charge in [0.05, 0.1) is 16.7 Å². The molecule has 0 amide bonds. The Morgan fingerprint density at radius 3 is 2.75 bits per heavy atom. The number of nitro groups is 1. The van der Waals surface area contributed by atoms with Crippen molar-refractivity contribution in [1.82, 2.24) is 4.98 Å². The number of nitro benzene ring substituents is 1. The molecule has 1 heterocycles. The summed E-state index contributed by atoms with van der Waals surface area (Å²) in [7, 11) is 0. The summed E-state index contributed by atoms with van der Waals surface area (Å²) in [5.41, 5.74) is -0.256. The summed E-state index contributed by atoms with van der Waals surface area (Å²) in [5.74, 6) is -1.01. The monoisotopic (exact) mass is 386 g/mol. The number of carboxylic acids is 1. The lowest BCUT2D eigenvalue weighted by molar-refractivity contribution is -0.385. The minimum Gasteiger partial charge on any atom is -0.478 e.